The summed E-state index contributed by atoms with van der Waals surface area (Å²) in [5.41, 5.74) is -2.53. The summed E-state index contributed by atoms with van der Waals surface area (Å²) in [6.07, 6.45) is -2.82. The minimum Gasteiger partial charge on any atom is -0.258 e. The highest BCUT2D eigenvalue weighted by Crippen LogP contribution is 2.35. The Labute approximate surface area is 80.5 Å². The fourth-order valence-electron chi connectivity index (χ4n) is 0.849. The minimum atomic E-state index is -3.24. The van der Waals surface area contributed by atoms with E-state index in [1.807, 2.05) is 0 Å². The molecular formula is C6H2ClF3N2O2. The number of pyridine rings is 1. The smallest absolute Gasteiger partial charge is 0.258 e. The topological polar surface area (TPSA) is 56.0 Å². The molecule has 0 atom stereocenters. The number of nitro groups is 1. The maximum atomic E-state index is 12.7. The van der Waals surface area contributed by atoms with Gasteiger partial charge in [-0.2, -0.15) is 4.39 Å². The molecule has 1 aromatic rings. The summed E-state index contributed by atoms with van der Waals surface area (Å²) in [4.78, 5) is 12.0. The number of hydrogen-bond donors (Lipinski definition) is 0. The molecule has 0 fully saturated rings. The Hall–Kier alpha value is -1.37. The summed E-state index contributed by atoms with van der Waals surface area (Å²) in [7, 11) is 0. The molecule has 4 nitrogen and oxygen atoms in total. The van der Waals surface area contributed by atoms with E-state index >= 15 is 0 Å². The average molecular weight is 227 g/mol. The molecule has 76 valence electrons. The van der Waals surface area contributed by atoms with Crippen molar-refractivity contribution in [2.45, 2.75) is 6.43 Å². The molecule has 0 aliphatic carbocycles. The van der Waals surface area contributed by atoms with E-state index in [0.29, 0.717) is 6.20 Å². The maximum Gasteiger partial charge on any atom is 0.318 e. The molecule has 0 bridgehead atoms. The van der Waals surface area contributed by atoms with Crippen LogP contribution in [0.1, 0.15) is 12.0 Å². The molecule has 0 aromatic carbocycles. The Balaban J connectivity index is 3.50. The van der Waals surface area contributed by atoms with Gasteiger partial charge in [0.25, 0.3) is 6.43 Å². The molecule has 0 saturated heterocycles. The fraction of sp³-hybridized carbons (Fsp3) is 0.167. The van der Waals surface area contributed by atoms with Gasteiger partial charge in [0.2, 0.25) is 5.82 Å². The summed E-state index contributed by atoms with van der Waals surface area (Å²) >= 11 is 5.18. The molecule has 0 aliphatic rings. The van der Waals surface area contributed by atoms with E-state index in [-0.39, 0.29) is 0 Å². The number of halogens is 4. The third-order valence-electron chi connectivity index (χ3n) is 1.40. The van der Waals surface area contributed by atoms with Crippen LogP contribution in [-0.4, -0.2) is 9.91 Å². The number of nitrogens with zero attached hydrogens (tertiary/aromatic N) is 2. The predicted octanol–water partition coefficient (Wildman–Crippen LogP) is 2.72. The van der Waals surface area contributed by atoms with Crippen molar-refractivity contribution >= 4 is 17.3 Å². The molecule has 1 rings (SSSR count). The number of alkyl halides is 2. The van der Waals surface area contributed by atoms with E-state index in [9.17, 15) is 23.3 Å². The maximum absolute atomic E-state index is 12.7. The molecule has 1 aromatic heterocycles. The largest absolute Gasteiger partial charge is 0.318 e. The van der Waals surface area contributed by atoms with Gasteiger partial charge in [0.05, 0.1) is 11.1 Å². The van der Waals surface area contributed by atoms with Crippen LogP contribution in [0, 0.1) is 15.9 Å². The summed E-state index contributed by atoms with van der Waals surface area (Å²) in [6, 6.07) is 0. The third-order valence-corrected chi connectivity index (χ3v) is 1.70. The van der Waals surface area contributed by atoms with Crippen molar-refractivity contribution < 1.29 is 18.1 Å². The Morgan fingerprint density at radius 2 is 2.14 bits per heavy atom. The third kappa shape index (κ3) is 1.77. The van der Waals surface area contributed by atoms with Gasteiger partial charge in [-0.15, -0.1) is 0 Å². The highest BCUT2D eigenvalue weighted by molar-refractivity contribution is 6.30. The van der Waals surface area contributed by atoms with Gasteiger partial charge in [-0.25, -0.2) is 13.8 Å². The van der Waals surface area contributed by atoms with E-state index in [1.54, 1.807) is 0 Å². The molecule has 0 radical (unpaired) electrons. The van der Waals surface area contributed by atoms with Gasteiger partial charge < -0.3 is 0 Å². The zero-order valence-corrected chi connectivity index (χ0v) is 7.13. The van der Waals surface area contributed by atoms with E-state index < -0.39 is 33.6 Å². The van der Waals surface area contributed by atoms with Crippen LogP contribution >= 0.6 is 11.6 Å². The molecule has 0 N–H and O–H groups in total. The van der Waals surface area contributed by atoms with Crippen LogP contribution in [0.25, 0.3) is 0 Å². The Kier molecular flexibility index (Phi) is 2.90. The van der Waals surface area contributed by atoms with Crippen molar-refractivity contribution in [3.05, 3.63) is 32.8 Å². The van der Waals surface area contributed by atoms with Crippen LogP contribution in [-0.2, 0) is 0 Å². The SMILES string of the molecule is O=[N+]([O-])c1c(F)cnc(Cl)c1C(F)F. The zero-order chi connectivity index (χ0) is 10.9. The molecular weight excluding hydrogens is 225 g/mol. The van der Waals surface area contributed by atoms with Gasteiger partial charge in [0.1, 0.15) is 10.7 Å². The first-order valence-corrected chi connectivity index (χ1v) is 3.59. The molecule has 0 saturated carbocycles. The molecule has 0 amide bonds. The van der Waals surface area contributed by atoms with E-state index in [4.69, 9.17) is 11.6 Å². The van der Waals surface area contributed by atoms with Crippen LogP contribution in [0.3, 0.4) is 0 Å². The lowest BCUT2D eigenvalue weighted by Gasteiger charge is -2.03. The van der Waals surface area contributed by atoms with Crippen LogP contribution in [0.5, 0.6) is 0 Å². The summed E-state index contributed by atoms with van der Waals surface area (Å²) < 4.78 is 37.2. The number of hydrogen-bond acceptors (Lipinski definition) is 3. The first-order valence-electron chi connectivity index (χ1n) is 3.21. The second kappa shape index (κ2) is 3.79. The average Bonchev–Trinajstić information content (AvgIpc) is 2.07. The van der Waals surface area contributed by atoms with Gasteiger partial charge in [0.15, 0.2) is 0 Å². The van der Waals surface area contributed by atoms with Crippen molar-refractivity contribution in [2.75, 3.05) is 0 Å². The molecule has 14 heavy (non-hydrogen) atoms. The second-order valence-electron chi connectivity index (χ2n) is 2.22. The lowest BCUT2D eigenvalue weighted by molar-refractivity contribution is -0.389. The quantitative estimate of drug-likeness (QED) is 0.443. The molecule has 0 unspecified atom stereocenters. The summed E-state index contributed by atoms with van der Waals surface area (Å²) in [5.74, 6) is -1.44. The molecule has 0 spiro atoms. The van der Waals surface area contributed by atoms with Gasteiger partial charge in [-0.1, -0.05) is 11.6 Å². The minimum absolute atomic E-state index is 0.423. The monoisotopic (exact) mass is 226 g/mol. The Morgan fingerprint density at radius 3 is 2.50 bits per heavy atom. The Morgan fingerprint density at radius 1 is 1.57 bits per heavy atom. The molecule has 8 heteroatoms. The van der Waals surface area contributed by atoms with Gasteiger partial charge in [0, 0.05) is 0 Å². The van der Waals surface area contributed by atoms with Crippen LogP contribution in [0.4, 0.5) is 18.9 Å². The van der Waals surface area contributed by atoms with Gasteiger partial charge >= 0.3 is 5.69 Å². The van der Waals surface area contributed by atoms with E-state index in [1.165, 1.54) is 0 Å². The lowest BCUT2D eigenvalue weighted by Crippen LogP contribution is -2.01. The summed E-state index contributed by atoms with van der Waals surface area (Å²) in [5, 5.41) is 9.47. The summed E-state index contributed by atoms with van der Waals surface area (Å²) in [6.45, 7) is 0. The number of rotatable bonds is 2. The van der Waals surface area contributed by atoms with Gasteiger partial charge in [-0.3, -0.25) is 10.1 Å². The first kappa shape index (κ1) is 10.7. The van der Waals surface area contributed by atoms with Crippen LogP contribution in [0.15, 0.2) is 6.20 Å². The first-order chi connectivity index (χ1) is 6.45. The van der Waals surface area contributed by atoms with Gasteiger partial charge in [-0.05, 0) is 0 Å². The van der Waals surface area contributed by atoms with Crippen molar-refractivity contribution in [1.29, 1.82) is 0 Å². The van der Waals surface area contributed by atoms with E-state index in [2.05, 4.69) is 4.98 Å². The fourth-order valence-corrected chi connectivity index (χ4v) is 1.07. The molecule has 0 aliphatic heterocycles. The normalized spacial score (nSPS) is 10.6. The standard InChI is InChI=1S/C6H2ClF3N2O2/c7-5-3(6(9)10)4(12(13)14)2(8)1-11-5/h1,6H. The number of aromatic nitrogens is 1. The highest BCUT2D eigenvalue weighted by Gasteiger charge is 2.30. The van der Waals surface area contributed by atoms with E-state index in [0.717, 1.165) is 0 Å². The Bertz CT molecular complexity index is 386. The van der Waals surface area contributed by atoms with Crippen LogP contribution < -0.4 is 0 Å². The second-order valence-corrected chi connectivity index (χ2v) is 2.58. The van der Waals surface area contributed by atoms with Crippen molar-refractivity contribution in [3.63, 3.8) is 0 Å². The lowest BCUT2D eigenvalue weighted by atomic mass is 10.2. The highest BCUT2D eigenvalue weighted by atomic mass is 35.5. The van der Waals surface area contributed by atoms with Crippen molar-refractivity contribution in [3.8, 4) is 0 Å². The molecule has 1 heterocycles. The van der Waals surface area contributed by atoms with Crippen molar-refractivity contribution in [1.82, 2.24) is 4.98 Å². The predicted molar refractivity (Wildman–Crippen MR) is 40.8 cm³/mol. The zero-order valence-electron chi connectivity index (χ0n) is 6.38. The van der Waals surface area contributed by atoms with Crippen LogP contribution in [0.2, 0.25) is 5.15 Å². The van der Waals surface area contributed by atoms with Crippen molar-refractivity contribution in [2.24, 2.45) is 0 Å².